The van der Waals surface area contributed by atoms with Crippen LogP contribution >= 0.6 is 27.7 Å². The van der Waals surface area contributed by atoms with E-state index in [1.165, 1.54) is 11.8 Å². The van der Waals surface area contributed by atoms with Gasteiger partial charge in [-0.3, -0.25) is 4.79 Å². The van der Waals surface area contributed by atoms with E-state index in [4.69, 9.17) is 0 Å². The molecule has 0 spiro atoms. The Morgan fingerprint density at radius 2 is 1.83 bits per heavy atom. The Morgan fingerprint density at radius 3 is 2.50 bits per heavy atom. The highest BCUT2D eigenvalue weighted by Gasteiger charge is 2.13. The summed E-state index contributed by atoms with van der Waals surface area (Å²) in [6.45, 7) is 0. The van der Waals surface area contributed by atoms with Crippen molar-refractivity contribution in [2.24, 2.45) is 0 Å². The predicted octanol–water partition coefficient (Wildman–Crippen LogP) is 4.36. The van der Waals surface area contributed by atoms with Crippen LogP contribution in [0.2, 0.25) is 0 Å². The molecule has 1 heterocycles. The van der Waals surface area contributed by atoms with Crippen molar-refractivity contribution in [3.05, 3.63) is 80.6 Å². The molecule has 1 N–H and O–H groups in total. The number of hydrogen-bond donors (Lipinski definition) is 1. The number of benzene rings is 2. The highest BCUT2D eigenvalue weighted by atomic mass is 79.9. The van der Waals surface area contributed by atoms with Crippen molar-refractivity contribution in [2.75, 3.05) is 0 Å². The third kappa shape index (κ3) is 3.75. The summed E-state index contributed by atoms with van der Waals surface area (Å²) in [4.78, 5) is 19.3. The molecule has 0 atom stereocenters. The molecule has 24 heavy (non-hydrogen) atoms. The lowest BCUT2D eigenvalue weighted by Gasteiger charge is -2.06. The molecular formula is C18H12BrN3OS. The number of H-pyrrole nitrogens is 1. The molecule has 0 amide bonds. The van der Waals surface area contributed by atoms with E-state index >= 15 is 0 Å². The Morgan fingerprint density at radius 1 is 1.12 bits per heavy atom. The van der Waals surface area contributed by atoms with Crippen molar-refractivity contribution in [3.8, 4) is 17.3 Å². The summed E-state index contributed by atoms with van der Waals surface area (Å²) in [6, 6.07) is 19.2. The first-order chi connectivity index (χ1) is 11.7. The fourth-order valence-corrected chi connectivity index (χ4v) is 3.24. The monoisotopic (exact) mass is 397 g/mol. The van der Waals surface area contributed by atoms with Gasteiger partial charge in [-0.15, -0.1) is 0 Å². The Labute approximate surface area is 151 Å². The highest BCUT2D eigenvalue weighted by Crippen LogP contribution is 2.24. The number of thioether (sulfide) groups is 1. The summed E-state index contributed by atoms with van der Waals surface area (Å²) < 4.78 is 1.02. The molecule has 0 aliphatic carbocycles. The normalized spacial score (nSPS) is 10.3. The molecule has 2 aromatic carbocycles. The van der Waals surface area contributed by atoms with Crippen LogP contribution in [-0.4, -0.2) is 9.97 Å². The zero-order chi connectivity index (χ0) is 16.9. The number of rotatable bonds is 4. The largest absolute Gasteiger partial charge is 0.300 e. The zero-order valence-corrected chi connectivity index (χ0v) is 14.9. The number of nitrogens with zero attached hydrogens (tertiary/aromatic N) is 2. The fourth-order valence-electron chi connectivity index (χ4n) is 2.16. The maximum Gasteiger partial charge on any atom is 0.270 e. The minimum Gasteiger partial charge on any atom is -0.300 e. The van der Waals surface area contributed by atoms with Gasteiger partial charge < -0.3 is 4.98 Å². The number of halogens is 1. The van der Waals surface area contributed by atoms with Crippen LogP contribution in [0, 0.1) is 11.3 Å². The van der Waals surface area contributed by atoms with Crippen LogP contribution < -0.4 is 5.56 Å². The molecule has 6 heteroatoms. The molecule has 0 fully saturated rings. The van der Waals surface area contributed by atoms with E-state index in [1.807, 2.05) is 60.7 Å². The zero-order valence-electron chi connectivity index (χ0n) is 12.5. The van der Waals surface area contributed by atoms with E-state index in [1.54, 1.807) is 0 Å². The quantitative estimate of drug-likeness (QED) is 0.524. The second kappa shape index (κ2) is 7.47. The van der Waals surface area contributed by atoms with Crippen molar-refractivity contribution in [2.45, 2.75) is 10.9 Å². The van der Waals surface area contributed by atoms with Gasteiger partial charge in [-0.1, -0.05) is 70.2 Å². The summed E-state index contributed by atoms with van der Waals surface area (Å²) >= 11 is 4.84. The molecule has 0 saturated carbocycles. The van der Waals surface area contributed by atoms with E-state index in [2.05, 4.69) is 25.9 Å². The molecule has 118 valence electrons. The van der Waals surface area contributed by atoms with Gasteiger partial charge in [0.25, 0.3) is 5.56 Å². The third-order valence-corrected chi connectivity index (χ3v) is 4.82. The Balaban J connectivity index is 1.92. The van der Waals surface area contributed by atoms with Gasteiger partial charge in [-0.05, 0) is 17.7 Å². The molecule has 0 unspecified atom stereocenters. The van der Waals surface area contributed by atoms with Crippen molar-refractivity contribution in [1.29, 1.82) is 5.26 Å². The van der Waals surface area contributed by atoms with Gasteiger partial charge in [-0.25, -0.2) is 4.98 Å². The van der Waals surface area contributed by atoms with Crippen LogP contribution in [0.1, 0.15) is 11.1 Å². The second-order valence-corrected chi connectivity index (χ2v) is 6.87. The molecule has 0 aliphatic heterocycles. The Hall–Kier alpha value is -2.36. The van der Waals surface area contributed by atoms with Crippen LogP contribution in [0.25, 0.3) is 11.3 Å². The van der Waals surface area contributed by atoms with Gasteiger partial charge in [0, 0.05) is 15.8 Å². The van der Waals surface area contributed by atoms with Crippen molar-refractivity contribution >= 4 is 27.7 Å². The topological polar surface area (TPSA) is 69.5 Å². The first kappa shape index (κ1) is 16.5. The standard InChI is InChI=1S/C18H12BrN3OS/c19-14-8-6-12(7-9-14)11-24-18-21-16(13-4-2-1-3-5-13)15(10-20)17(23)22-18/h1-9H,11H2,(H,21,22,23). The lowest BCUT2D eigenvalue weighted by molar-refractivity contribution is 0.934. The molecule has 3 aromatic rings. The maximum atomic E-state index is 12.2. The third-order valence-electron chi connectivity index (χ3n) is 3.35. The van der Waals surface area contributed by atoms with Gasteiger partial charge >= 0.3 is 0 Å². The molecule has 1 aromatic heterocycles. The van der Waals surface area contributed by atoms with Gasteiger partial charge in [-0.2, -0.15) is 5.26 Å². The van der Waals surface area contributed by atoms with Crippen molar-refractivity contribution in [3.63, 3.8) is 0 Å². The summed E-state index contributed by atoms with van der Waals surface area (Å²) in [5, 5.41) is 9.76. The fraction of sp³-hybridized carbons (Fsp3) is 0.0556. The smallest absolute Gasteiger partial charge is 0.270 e. The lowest BCUT2D eigenvalue weighted by Crippen LogP contribution is -2.14. The number of aromatic nitrogens is 2. The van der Waals surface area contributed by atoms with Crippen LogP contribution in [0.5, 0.6) is 0 Å². The van der Waals surface area contributed by atoms with Gasteiger partial charge in [0.1, 0.15) is 11.6 Å². The average Bonchev–Trinajstić information content (AvgIpc) is 2.61. The molecule has 0 aliphatic rings. The van der Waals surface area contributed by atoms with E-state index in [-0.39, 0.29) is 5.56 Å². The number of nitrogens with one attached hydrogen (secondary N) is 1. The van der Waals surface area contributed by atoms with E-state index in [9.17, 15) is 10.1 Å². The van der Waals surface area contributed by atoms with Gasteiger partial charge in [0.2, 0.25) is 0 Å². The van der Waals surface area contributed by atoms with Crippen molar-refractivity contribution in [1.82, 2.24) is 9.97 Å². The van der Waals surface area contributed by atoms with Crippen molar-refractivity contribution < 1.29 is 0 Å². The highest BCUT2D eigenvalue weighted by molar-refractivity contribution is 9.10. The molecule has 3 rings (SSSR count). The van der Waals surface area contributed by atoms with Crippen LogP contribution in [0.15, 0.2) is 69.0 Å². The maximum absolute atomic E-state index is 12.2. The lowest BCUT2D eigenvalue weighted by atomic mass is 10.1. The van der Waals surface area contributed by atoms with Gasteiger partial charge in [0.15, 0.2) is 5.16 Å². The number of aromatic amines is 1. The first-order valence-corrected chi connectivity index (χ1v) is 8.92. The molecule has 0 radical (unpaired) electrons. The van der Waals surface area contributed by atoms with Crippen LogP contribution in [0.3, 0.4) is 0 Å². The number of nitriles is 1. The SMILES string of the molecule is N#Cc1c(-c2ccccc2)nc(SCc2ccc(Br)cc2)[nH]c1=O. The van der Waals surface area contributed by atoms with Crippen LogP contribution in [0.4, 0.5) is 0 Å². The Kier molecular flexibility index (Phi) is 5.14. The average molecular weight is 398 g/mol. The summed E-state index contributed by atoms with van der Waals surface area (Å²) in [5.41, 5.74) is 1.92. The van der Waals surface area contributed by atoms with E-state index in [0.717, 1.165) is 15.6 Å². The summed E-state index contributed by atoms with van der Waals surface area (Å²) in [5.74, 6) is 0.677. The summed E-state index contributed by atoms with van der Waals surface area (Å²) in [7, 11) is 0. The summed E-state index contributed by atoms with van der Waals surface area (Å²) in [6.07, 6.45) is 0. The minimum atomic E-state index is -0.412. The molecule has 0 saturated heterocycles. The molecule has 0 bridgehead atoms. The van der Waals surface area contributed by atoms with E-state index in [0.29, 0.717) is 16.6 Å². The minimum absolute atomic E-state index is 0.0363. The molecular weight excluding hydrogens is 386 g/mol. The second-order valence-electron chi connectivity index (χ2n) is 4.99. The first-order valence-electron chi connectivity index (χ1n) is 7.14. The molecule has 4 nitrogen and oxygen atoms in total. The number of hydrogen-bond acceptors (Lipinski definition) is 4. The predicted molar refractivity (Wildman–Crippen MR) is 98.7 cm³/mol. The Bertz CT molecular complexity index is 947. The van der Waals surface area contributed by atoms with Crippen LogP contribution in [-0.2, 0) is 5.75 Å². The van der Waals surface area contributed by atoms with E-state index < -0.39 is 5.56 Å². The van der Waals surface area contributed by atoms with Gasteiger partial charge in [0.05, 0.1) is 5.69 Å².